The lowest BCUT2D eigenvalue weighted by Crippen LogP contribution is -2.27. The van der Waals surface area contributed by atoms with Crippen LogP contribution in [0.5, 0.6) is 0 Å². The number of hydrogen-bond donors (Lipinski definition) is 2. The average molecular weight is 334 g/mol. The Labute approximate surface area is 141 Å². The summed E-state index contributed by atoms with van der Waals surface area (Å²) in [6, 6.07) is 11.2. The fourth-order valence-electron chi connectivity index (χ4n) is 2.02. The van der Waals surface area contributed by atoms with E-state index in [-0.39, 0.29) is 5.91 Å². The van der Waals surface area contributed by atoms with Gasteiger partial charge in [-0.25, -0.2) is 4.98 Å². The summed E-state index contributed by atoms with van der Waals surface area (Å²) in [5.41, 5.74) is 1.76. The number of hydrogen-bond acceptors (Lipinski definition) is 4. The zero-order valence-corrected chi connectivity index (χ0v) is 13.8. The van der Waals surface area contributed by atoms with Crippen LogP contribution in [0.4, 0.5) is 5.82 Å². The van der Waals surface area contributed by atoms with Crippen molar-refractivity contribution < 1.29 is 9.53 Å². The lowest BCUT2D eigenvalue weighted by Gasteiger charge is -2.08. The van der Waals surface area contributed by atoms with Gasteiger partial charge in [0.2, 0.25) is 0 Å². The quantitative estimate of drug-likeness (QED) is 0.729. The van der Waals surface area contributed by atoms with Gasteiger partial charge in [-0.3, -0.25) is 4.79 Å². The zero-order chi connectivity index (χ0) is 16.5. The van der Waals surface area contributed by atoms with Gasteiger partial charge in [0.1, 0.15) is 5.82 Å². The second-order valence-electron chi connectivity index (χ2n) is 4.98. The number of carbonyl (C=O) groups excluding carboxylic acids is 1. The summed E-state index contributed by atoms with van der Waals surface area (Å²) in [7, 11) is 1.60. The van der Waals surface area contributed by atoms with E-state index in [1.54, 1.807) is 25.4 Å². The molecule has 0 spiro atoms. The highest BCUT2D eigenvalue weighted by Gasteiger charge is 2.06. The van der Waals surface area contributed by atoms with Gasteiger partial charge in [-0.1, -0.05) is 23.7 Å². The van der Waals surface area contributed by atoms with Crippen LogP contribution in [0.2, 0.25) is 5.02 Å². The predicted molar refractivity (Wildman–Crippen MR) is 92.1 cm³/mol. The number of anilines is 1. The third-order valence-electron chi connectivity index (χ3n) is 3.25. The first kappa shape index (κ1) is 17.2. The number of aromatic nitrogens is 1. The minimum absolute atomic E-state index is 0.134. The lowest BCUT2D eigenvalue weighted by atomic mass is 10.1. The molecule has 0 aliphatic carbocycles. The van der Waals surface area contributed by atoms with E-state index in [9.17, 15) is 4.79 Å². The van der Waals surface area contributed by atoms with Crippen molar-refractivity contribution in [2.45, 2.75) is 6.42 Å². The normalized spacial score (nSPS) is 10.3. The fraction of sp³-hybridized carbons (Fsp3) is 0.294. The Hall–Kier alpha value is -2.11. The Bertz CT molecular complexity index is 632. The van der Waals surface area contributed by atoms with Gasteiger partial charge in [0.05, 0.1) is 6.61 Å². The summed E-state index contributed by atoms with van der Waals surface area (Å²) in [6.45, 7) is 1.70. The molecule has 1 aromatic heterocycles. The van der Waals surface area contributed by atoms with Gasteiger partial charge in [0.25, 0.3) is 5.91 Å². The van der Waals surface area contributed by atoms with Gasteiger partial charge in [-0.15, -0.1) is 0 Å². The van der Waals surface area contributed by atoms with E-state index in [0.29, 0.717) is 24.5 Å². The van der Waals surface area contributed by atoms with Crippen LogP contribution in [0.1, 0.15) is 15.9 Å². The summed E-state index contributed by atoms with van der Waals surface area (Å²) >= 11 is 5.86. The molecule has 2 aromatic rings. The largest absolute Gasteiger partial charge is 0.383 e. The van der Waals surface area contributed by atoms with Gasteiger partial charge >= 0.3 is 0 Å². The number of carbonyl (C=O) groups is 1. The van der Waals surface area contributed by atoms with Crippen molar-refractivity contribution in [3.8, 4) is 0 Å². The van der Waals surface area contributed by atoms with Crippen molar-refractivity contribution in [1.82, 2.24) is 10.3 Å². The summed E-state index contributed by atoms with van der Waals surface area (Å²) in [5.74, 6) is 0.545. The van der Waals surface area contributed by atoms with Gasteiger partial charge in [0, 0.05) is 37.0 Å². The molecular weight excluding hydrogens is 314 g/mol. The summed E-state index contributed by atoms with van der Waals surface area (Å²) in [4.78, 5) is 16.2. The standard InChI is InChI=1S/C17H20ClN3O2/c1-23-11-10-21-17(22)14-7-9-20-16(12-14)19-8-6-13-2-4-15(18)5-3-13/h2-5,7,9,12H,6,8,10-11H2,1H3,(H,19,20)(H,21,22). The van der Waals surface area contributed by atoms with Crippen LogP contribution >= 0.6 is 11.6 Å². The van der Waals surface area contributed by atoms with Crippen LogP contribution in [0.25, 0.3) is 0 Å². The highest BCUT2D eigenvalue weighted by molar-refractivity contribution is 6.30. The molecule has 0 saturated carbocycles. The maximum Gasteiger partial charge on any atom is 0.251 e. The molecule has 1 amide bonds. The number of halogens is 1. The summed E-state index contributed by atoms with van der Waals surface area (Å²) in [6.07, 6.45) is 2.47. The van der Waals surface area contributed by atoms with Gasteiger partial charge < -0.3 is 15.4 Å². The van der Waals surface area contributed by atoms with Crippen LogP contribution in [-0.4, -0.2) is 37.7 Å². The van der Waals surface area contributed by atoms with Crippen molar-refractivity contribution in [1.29, 1.82) is 0 Å². The molecule has 0 fully saturated rings. The fourth-order valence-corrected chi connectivity index (χ4v) is 2.15. The minimum atomic E-state index is -0.134. The first-order chi connectivity index (χ1) is 11.2. The van der Waals surface area contributed by atoms with Crippen LogP contribution in [-0.2, 0) is 11.2 Å². The SMILES string of the molecule is COCCNC(=O)c1ccnc(NCCc2ccc(Cl)cc2)c1. The number of nitrogens with one attached hydrogen (secondary N) is 2. The minimum Gasteiger partial charge on any atom is -0.383 e. The Morgan fingerprint density at radius 3 is 2.74 bits per heavy atom. The number of methoxy groups -OCH3 is 1. The average Bonchev–Trinajstić information content (AvgIpc) is 2.57. The molecule has 0 unspecified atom stereocenters. The Morgan fingerprint density at radius 2 is 2.00 bits per heavy atom. The molecule has 2 rings (SSSR count). The molecule has 0 radical (unpaired) electrons. The first-order valence-corrected chi connectivity index (χ1v) is 7.78. The smallest absolute Gasteiger partial charge is 0.251 e. The predicted octanol–water partition coefficient (Wildman–Crippen LogP) is 2.77. The molecule has 5 nitrogen and oxygen atoms in total. The highest BCUT2D eigenvalue weighted by atomic mass is 35.5. The van der Waals surface area contributed by atoms with Crippen LogP contribution in [0, 0.1) is 0 Å². The topological polar surface area (TPSA) is 63.2 Å². The summed E-state index contributed by atoms with van der Waals surface area (Å²) in [5, 5.41) is 6.74. The van der Waals surface area contributed by atoms with Gasteiger partial charge in [-0.05, 0) is 36.2 Å². The number of amides is 1. The molecule has 2 N–H and O–H groups in total. The van der Waals surface area contributed by atoms with E-state index in [1.807, 2.05) is 24.3 Å². The second kappa shape index (κ2) is 9.12. The van der Waals surface area contributed by atoms with Crippen molar-refractivity contribution >= 4 is 23.3 Å². The van der Waals surface area contributed by atoms with Crippen LogP contribution in [0.3, 0.4) is 0 Å². The Kier molecular flexibility index (Phi) is 6.84. The number of ether oxygens (including phenoxy) is 1. The van der Waals surface area contributed by atoms with E-state index in [2.05, 4.69) is 15.6 Å². The van der Waals surface area contributed by atoms with Crippen molar-refractivity contribution in [2.75, 3.05) is 32.1 Å². The van der Waals surface area contributed by atoms with Crippen LogP contribution in [0.15, 0.2) is 42.6 Å². The number of pyridine rings is 1. The number of benzene rings is 1. The second-order valence-corrected chi connectivity index (χ2v) is 5.42. The monoisotopic (exact) mass is 333 g/mol. The Balaban J connectivity index is 1.84. The molecular formula is C17H20ClN3O2. The maximum atomic E-state index is 12.0. The molecule has 0 saturated heterocycles. The van der Waals surface area contributed by atoms with E-state index < -0.39 is 0 Å². The zero-order valence-electron chi connectivity index (χ0n) is 13.0. The van der Waals surface area contributed by atoms with Crippen molar-refractivity contribution in [3.63, 3.8) is 0 Å². The third-order valence-corrected chi connectivity index (χ3v) is 3.50. The molecule has 1 heterocycles. The van der Waals surface area contributed by atoms with E-state index in [1.165, 1.54) is 5.56 Å². The molecule has 122 valence electrons. The highest BCUT2D eigenvalue weighted by Crippen LogP contribution is 2.11. The van der Waals surface area contributed by atoms with Crippen molar-refractivity contribution in [2.24, 2.45) is 0 Å². The van der Waals surface area contributed by atoms with Gasteiger partial charge in [0.15, 0.2) is 0 Å². The molecule has 1 aromatic carbocycles. The molecule has 0 aliphatic heterocycles. The molecule has 0 bridgehead atoms. The maximum absolute atomic E-state index is 12.0. The third kappa shape index (κ3) is 5.88. The molecule has 0 aliphatic rings. The summed E-state index contributed by atoms with van der Waals surface area (Å²) < 4.78 is 4.91. The molecule has 6 heteroatoms. The number of rotatable bonds is 8. The lowest BCUT2D eigenvalue weighted by molar-refractivity contribution is 0.0937. The molecule has 0 atom stereocenters. The first-order valence-electron chi connectivity index (χ1n) is 7.40. The van der Waals surface area contributed by atoms with E-state index >= 15 is 0 Å². The van der Waals surface area contributed by atoms with E-state index in [4.69, 9.17) is 16.3 Å². The van der Waals surface area contributed by atoms with E-state index in [0.717, 1.165) is 18.0 Å². The van der Waals surface area contributed by atoms with Gasteiger partial charge in [-0.2, -0.15) is 0 Å². The Morgan fingerprint density at radius 1 is 1.22 bits per heavy atom. The number of nitrogens with zero attached hydrogens (tertiary/aromatic N) is 1. The van der Waals surface area contributed by atoms with Crippen LogP contribution < -0.4 is 10.6 Å². The van der Waals surface area contributed by atoms with Crippen molar-refractivity contribution in [3.05, 3.63) is 58.7 Å². The molecule has 23 heavy (non-hydrogen) atoms.